The minimum absolute atomic E-state index is 0.0586. The zero-order valence-electron chi connectivity index (χ0n) is 12.2. The van der Waals surface area contributed by atoms with Crippen LogP contribution in [0.1, 0.15) is 36.6 Å². The molecule has 116 valence electrons. The third-order valence-corrected chi connectivity index (χ3v) is 6.56. The monoisotopic (exact) mass is 318 g/mol. The molecule has 0 spiro atoms. The van der Waals surface area contributed by atoms with E-state index in [-0.39, 0.29) is 21.9 Å². The van der Waals surface area contributed by atoms with Crippen molar-refractivity contribution in [3.05, 3.63) is 39.9 Å². The summed E-state index contributed by atoms with van der Waals surface area (Å²) < 4.78 is 0. The van der Waals surface area contributed by atoms with Crippen LogP contribution >= 0.6 is 11.8 Å². The SMILES string of the molecule is O=C1CS[C@@H](c2cccc([N+](=O)[O-])c2)N1[C@H]1C[C@@H]2CC[C@H]1C2. The molecule has 0 unspecified atom stereocenters. The first-order valence-electron chi connectivity index (χ1n) is 7.80. The molecule has 0 N–H and O–H groups in total. The molecule has 1 heterocycles. The number of nitrogens with zero attached hydrogens (tertiary/aromatic N) is 2. The zero-order valence-corrected chi connectivity index (χ0v) is 13.0. The summed E-state index contributed by atoms with van der Waals surface area (Å²) >= 11 is 1.60. The number of rotatable bonds is 3. The van der Waals surface area contributed by atoms with Gasteiger partial charge in [0, 0.05) is 18.2 Å². The molecule has 6 heteroatoms. The lowest BCUT2D eigenvalue weighted by molar-refractivity contribution is -0.384. The molecule has 22 heavy (non-hydrogen) atoms. The highest BCUT2D eigenvalue weighted by atomic mass is 32.2. The first-order chi connectivity index (χ1) is 10.6. The van der Waals surface area contributed by atoms with Gasteiger partial charge < -0.3 is 4.90 Å². The van der Waals surface area contributed by atoms with Crippen LogP contribution in [0.5, 0.6) is 0 Å². The molecule has 2 aliphatic carbocycles. The van der Waals surface area contributed by atoms with Gasteiger partial charge in [0.1, 0.15) is 5.37 Å². The molecule has 0 radical (unpaired) electrons. The number of non-ortho nitro benzene ring substituents is 1. The molecule has 4 rings (SSSR count). The van der Waals surface area contributed by atoms with E-state index in [1.54, 1.807) is 23.9 Å². The van der Waals surface area contributed by atoms with Gasteiger partial charge in [-0.2, -0.15) is 0 Å². The summed E-state index contributed by atoms with van der Waals surface area (Å²) in [5.74, 6) is 2.09. The molecule has 4 atom stereocenters. The highest BCUT2D eigenvalue weighted by Crippen LogP contribution is 2.51. The molecule has 0 aromatic heterocycles. The van der Waals surface area contributed by atoms with Crippen LogP contribution in [0.2, 0.25) is 0 Å². The molecular formula is C16H18N2O3S. The van der Waals surface area contributed by atoms with E-state index in [1.165, 1.54) is 25.3 Å². The van der Waals surface area contributed by atoms with Gasteiger partial charge in [-0.15, -0.1) is 11.8 Å². The Labute approximate surface area is 133 Å². The van der Waals surface area contributed by atoms with Gasteiger partial charge in [0.15, 0.2) is 0 Å². The van der Waals surface area contributed by atoms with Crippen molar-refractivity contribution in [2.45, 2.75) is 37.1 Å². The van der Waals surface area contributed by atoms with Crippen molar-refractivity contribution in [3.63, 3.8) is 0 Å². The summed E-state index contributed by atoms with van der Waals surface area (Å²) in [5, 5.41) is 10.9. The number of benzene rings is 1. The van der Waals surface area contributed by atoms with Gasteiger partial charge in [-0.1, -0.05) is 18.6 Å². The van der Waals surface area contributed by atoms with E-state index < -0.39 is 0 Å². The maximum atomic E-state index is 12.4. The van der Waals surface area contributed by atoms with E-state index in [2.05, 4.69) is 0 Å². The van der Waals surface area contributed by atoms with Crippen LogP contribution in [0, 0.1) is 22.0 Å². The van der Waals surface area contributed by atoms with Crippen molar-refractivity contribution >= 4 is 23.4 Å². The quantitative estimate of drug-likeness (QED) is 0.633. The number of nitro groups is 1. The van der Waals surface area contributed by atoms with Crippen molar-refractivity contribution in [1.82, 2.24) is 4.90 Å². The van der Waals surface area contributed by atoms with E-state index in [1.807, 2.05) is 11.0 Å². The van der Waals surface area contributed by atoms with Crippen molar-refractivity contribution in [2.75, 3.05) is 5.75 Å². The summed E-state index contributed by atoms with van der Waals surface area (Å²) in [6.45, 7) is 0. The minimum atomic E-state index is -0.368. The average Bonchev–Trinajstić information content (AvgIpc) is 3.22. The van der Waals surface area contributed by atoms with Crippen LogP contribution in [0.15, 0.2) is 24.3 Å². The lowest BCUT2D eigenvalue weighted by atomic mass is 9.93. The number of carbonyl (C=O) groups excluding carboxylic acids is 1. The Morgan fingerprint density at radius 3 is 2.82 bits per heavy atom. The Balaban J connectivity index is 1.64. The van der Waals surface area contributed by atoms with Gasteiger partial charge in [-0.3, -0.25) is 14.9 Å². The maximum absolute atomic E-state index is 12.4. The highest BCUT2D eigenvalue weighted by Gasteiger charge is 2.48. The summed E-state index contributed by atoms with van der Waals surface area (Å²) in [6.07, 6.45) is 4.90. The Morgan fingerprint density at radius 1 is 1.27 bits per heavy atom. The van der Waals surface area contributed by atoms with Crippen molar-refractivity contribution in [2.24, 2.45) is 11.8 Å². The smallest absolute Gasteiger partial charge is 0.269 e. The second-order valence-electron chi connectivity index (χ2n) is 6.56. The lowest BCUT2D eigenvalue weighted by Gasteiger charge is -2.35. The summed E-state index contributed by atoms with van der Waals surface area (Å²) in [7, 11) is 0. The predicted molar refractivity (Wildman–Crippen MR) is 84.4 cm³/mol. The molecule has 1 aliphatic heterocycles. The Morgan fingerprint density at radius 2 is 2.14 bits per heavy atom. The fourth-order valence-corrected chi connectivity index (χ4v) is 5.62. The molecule has 1 amide bonds. The zero-order chi connectivity index (χ0) is 15.3. The van der Waals surface area contributed by atoms with Crippen LogP contribution < -0.4 is 0 Å². The lowest BCUT2D eigenvalue weighted by Crippen LogP contribution is -2.41. The molecule has 1 aromatic carbocycles. The van der Waals surface area contributed by atoms with E-state index in [9.17, 15) is 14.9 Å². The standard InChI is InChI=1S/C16H18N2O3S/c19-15-9-22-16(12-2-1-3-13(8-12)18(20)21)17(15)14-7-10-4-5-11(14)6-10/h1-3,8,10-11,14,16H,4-7,9H2/t10-,11+,14+,16+/m1/s1. The number of carbonyl (C=O) groups is 1. The topological polar surface area (TPSA) is 63.4 Å². The Bertz CT molecular complexity index is 636. The second kappa shape index (κ2) is 5.26. The molecule has 3 aliphatic rings. The van der Waals surface area contributed by atoms with Gasteiger partial charge in [-0.05, 0) is 36.7 Å². The van der Waals surface area contributed by atoms with E-state index >= 15 is 0 Å². The van der Waals surface area contributed by atoms with Crippen LogP contribution in [-0.4, -0.2) is 27.5 Å². The Hall–Kier alpha value is -1.56. The van der Waals surface area contributed by atoms with Crippen molar-refractivity contribution < 1.29 is 9.72 Å². The van der Waals surface area contributed by atoms with E-state index in [4.69, 9.17) is 0 Å². The molecule has 1 saturated heterocycles. The van der Waals surface area contributed by atoms with Gasteiger partial charge >= 0.3 is 0 Å². The normalized spacial score (nSPS) is 33.6. The Kier molecular flexibility index (Phi) is 3.36. The van der Waals surface area contributed by atoms with Gasteiger partial charge in [0.25, 0.3) is 5.69 Å². The van der Waals surface area contributed by atoms with Gasteiger partial charge in [0.05, 0.1) is 10.7 Å². The van der Waals surface area contributed by atoms with Crippen molar-refractivity contribution in [1.29, 1.82) is 0 Å². The van der Waals surface area contributed by atoms with Crippen LogP contribution in [0.4, 0.5) is 5.69 Å². The third kappa shape index (κ3) is 2.20. The van der Waals surface area contributed by atoms with Gasteiger partial charge in [0.2, 0.25) is 5.91 Å². The molecule has 2 bridgehead atoms. The van der Waals surface area contributed by atoms with E-state index in [0.29, 0.717) is 17.7 Å². The third-order valence-electron chi connectivity index (χ3n) is 5.33. The fraction of sp³-hybridized carbons (Fsp3) is 0.562. The first kappa shape index (κ1) is 14.1. The van der Waals surface area contributed by atoms with Crippen LogP contribution in [0.25, 0.3) is 0 Å². The van der Waals surface area contributed by atoms with Crippen LogP contribution in [-0.2, 0) is 4.79 Å². The summed E-state index contributed by atoms with van der Waals surface area (Å²) in [6, 6.07) is 7.09. The highest BCUT2D eigenvalue weighted by molar-refractivity contribution is 8.00. The number of fused-ring (bicyclic) bond motifs is 2. The number of hydrogen-bond acceptors (Lipinski definition) is 4. The fourth-order valence-electron chi connectivity index (χ4n) is 4.40. The van der Waals surface area contributed by atoms with E-state index in [0.717, 1.165) is 17.9 Å². The summed E-state index contributed by atoms with van der Waals surface area (Å²) in [5.41, 5.74) is 0.984. The average molecular weight is 318 g/mol. The first-order valence-corrected chi connectivity index (χ1v) is 8.85. The number of thioether (sulfide) groups is 1. The molecular weight excluding hydrogens is 300 g/mol. The predicted octanol–water partition coefficient (Wildman–Crippen LogP) is 3.36. The molecule has 2 saturated carbocycles. The number of hydrogen-bond donors (Lipinski definition) is 0. The van der Waals surface area contributed by atoms with Gasteiger partial charge in [-0.25, -0.2) is 0 Å². The molecule has 5 nitrogen and oxygen atoms in total. The minimum Gasteiger partial charge on any atom is -0.323 e. The second-order valence-corrected chi connectivity index (χ2v) is 7.63. The molecule has 3 fully saturated rings. The molecule has 1 aromatic rings. The number of amides is 1. The van der Waals surface area contributed by atoms with Crippen LogP contribution in [0.3, 0.4) is 0 Å². The number of nitro benzene ring substituents is 1. The largest absolute Gasteiger partial charge is 0.323 e. The maximum Gasteiger partial charge on any atom is 0.269 e. The van der Waals surface area contributed by atoms with Crippen molar-refractivity contribution in [3.8, 4) is 0 Å². The summed E-state index contributed by atoms with van der Waals surface area (Å²) in [4.78, 5) is 25.1.